The van der Waals surface area contributed by atoms with Crippen molar-refractivity contribution in [3.8, 4) is 0 Å². The average molecular weight is 359 g/mol. The number of alkyl halides is 5. The van der Waals surface area contributed by atoms with Crippen molar-refractivity contribution < 1.29 is 27.1 Å². The van der Waals surface area contributed by atoms with Gasteiger partial charge in [0, 0.05) is 26.2 Å². The molecule has 1 atom stereocenters. The van der Waals surface area contributed by atoms with E-state index in [9.17, 15) is 22.0 Å². The monoisotopic (exact) mass is 358 g/mol. The second-order valence-electron chi connectivity index (χ2n) is 5.34. The van der Waals surface area contributed by atoms with Gasteiger partial charge >= 0.3 is 6.18 Å². The fourth-order valence-electron chi connectivity index (χ4n) is 2.68. The predicted molar refractivity (Wildman–Crippen MR) is 75.7 cm³/mol. The van der Waals surface area contributed by atoms with Crippen molar-refractivity contribution in [1.29, 1.82) is 0 Å². The van der Waals surface area contributed by atoms with Gasteiger partial charge in [0.05, 0.1) is 10.6 Å². The van der Waals surface area contributed by atoms with Crippen molar-refractivity contribution in [2.45, 2.75) is 18.1 Å². The molecule has 1 aromatic rings. The number of halogens is 6. The lowest BCUT2D eigenvalue weighted by molar-refractivity contribution is -0.137. The third kappa shape index (κ3) is 4.12. The van der Waals surface area contributed by atoms with Crippen LogP contribution in [-0.2, 0) is 6.18 Å². The number of aliphatic hydroxyl groups excluding tert-OH is 1. The van der Waals surface area contributed by atoms with E-state index in [-0.39, 0.29) is 5.56 Å². The van der Waals surface area contributed by atoms with Gasteiger partial charge in [-0.25, -0.2) is 8.78 Å². The Bertz CT molecular complexity index is 546. The van der Waals surface area contributed by atoms with E-state index in [1.165, 1.54) is 4.90 Å². The minimum absolute atomic E-state index is 0.0519. The van der Waals surface area contributed by atoms with E-state index in [0.717, 1.165) is 12.1 Å². The maximum Gasteiger partial charge on any atom is 0.417 e. The quantitative estimate of drug-likeness (QED) is 0.812. The maximum absolute atomic E-state index is 14.2. The highest BCUT2D eigenvalue weighted by Crippen LogP contribution is 2.40. The van der Waals surface area contributed by atoms with Crippen molar-refractivity contribution in [2.24, 2.45) is 0 Å². The number of hydrogen-bond acceptors (Lipinski definition) is 3. The van der Waals surface area contributed by atoms with Crippen LogP contribution in [0, 0.1) is 0 Å². The summed E-state index contributed by atoms with van der Waals surface area (Å²) in [6.45, 7) is 0.136. The lowest BCUT2D eigenvalue weighted by Gasteiger charge is -2.38. The highest BCUT2D eigenvalue weighted by atomic mass is 35.5. The van der Waals surface area contributed by atoms with E-state index in [1.54, 1.807) is 0 Å². The van der Waals surface area contributed by atoms with Crippen LogP contribution in [-0.4, -0.2) is 48.7 Å². The van der Waals surface area contributed by atoms with E-state index in [4.69, 9.17) is 16.7 Å². The van der Waals surface area contributed by atoms with Gasteiger partial charge in [0.2, 0.25) is 0 Å². The van der Waals surface area contributed by atoms with Crippen LogP contribution in [0.15, 0.2) is 18.2 Å². The Morgan fingerprint density at radius 1 is 1.17 bits per heavy atom. The van der Waals surface area contributed by atoms with E-state index in [0.29, 0.717) is 32.2 Å². The van der Waals surface area contributed by atoms with E-state index < -0.39 is 35.3 Å². The zero-order chi connectivity index (χ0) is 17.3. The molecule has 0 saturated carbocycles. The summed E-state index contributed by atoms with van der Waals surface area (Å²) in [6, 6.07) is 1.06. The van der Waals surface area contributed by atoms with Crippen molar-refractivity contribution >= 4 is 11.6 Å². The van der Waals surface area contributed by atoms with Crippen molar-refractivity contribution in [1.82, 2.24) is 10.2 Å². The van der Waals surface area contributed by atoms with Gasteiger partial charge in [-0.2, -0.15) is 13.2 Å². The van der Waals surface area contributed by atoms with Crippen LogP contribution in [0.5, 0.6) is 0 Å². The molecule has 3 nitrogen and oxygen atoms in total. The van der Waals surface area contributed by atoms with Crippen LogP contribution >= 0.6 is 11.6 Å². The average Bonchev–Trinajstić information content (AvgIpc) is 2.47. The Kier molecular flexibility index (Phi) is 5.50. The molecular formula is C14H16ClF5N2O. The second-order valence-corrected chi connectivity index (χ2v) is 5.75. The summed E-state index contributed by atoms with van der Waals surface area (Å²) >= 11 is 5.63. The van der Waals surface area contributed by atoms with Crippen LogP contribution in [0.25, 0.3) is 0 Å². The van der Waals surface area contributed by atoms with Crippen LogP contribution < -0.4 is 5.32 Å². The Morgan fingerprint density at radius 2 is 1.78 bits per heavy atom. The smallest absolute Gasteiger partial charge is 0.390 e. The molecule has 0 radical (unpaired) electrons. The minimum atomic E-state index is -4.65. The molecule has 0 amide bonds. The Balaban J connectivity index is 2.41. The third-order valence-corrected chi connectivity index (χ3v) is 4.05. The Morgan fingerprint density at radius 3 is 2.26 bits per heavy atom. The molecule has 0 aliphatic carbocycles. The number of aliphatic hydroxyl groups is 1. The highest BCUT2D eigenvalue weighted by molar-refractivity contribution is 6.31. The zero-order valence-corrected chi connectivity index (χ0v) is 12.8. The molecule has 0 aromatic heterocycles. The molecule has 0 spiro atoms. The first-order valence-corrected chi connectivity index (χ1v) is 7.34. The number of nitrogens with one attached hydrogen (secondary N) is 1. The van der Waals surface area contributed by atoms with Gasteiger partial charge in [0.25, 0.3) is 5.92 Å². The lowest BCUT2D eigenvalue weighted by Crippen LogP contribution is -2.51. The fourth-order valence-corrected chi connectivity index (χ4v) is 2.98. The van der Waals surface area contributed by atoms with E-state index in [2.05, 4.69) is 5.32 Å². The molecule has 2 rings (SSSR count). The minimum Gasteiger partial charge on any atom is -0.390 e. The summed E-state index contributed by atoms with van der Waals surface area (Å²) in [5, 5.41) is 11.4. The topological polar surface area (TPSA) is 35.5 Å². The summed E-state index contributed by atoms with van der Waals surface area (Å²) in [5.41, 5.74) is -1.13. The van der Waals surface area contributed by atoms with Gasteiger partial charge in [-0.3, -0.25) is 4.90 Å². The molecular weight excluding hydrogens is 343 g/mol. The normalized spacial score (nSPS) is 18.9. The largest absolute Gasteiger partial charge is 0.417 e. The van der Waals surface area contributed by atoms with Gasteiger partial charge in [0.15, 0.2) is 0 Å². The fraction of sp³-hybridized carbons (Fsp3) is 0.571. The molecule has 2 N–H and O–H groups in total. The maximum atomic E-state index is 14.2. The molecule has 1 heterocycles. The number of nitrogens with zero attached hydrogens (tertiary/aromatic N) is 1. The first-order chi connectivity index (χ1) is 10.7. The standard InChI is InChI=1S/C14H16ClF5N2O/c15-11-7-9(1-2-10(11)14(18,19)20)12(13(16,17)8-23)22-5-3-21-4-6-22/h1-2,7,12,21,23H,3-6,8H2/t12-/m1/s1. The van der Waals surface area contributed by atoms with Gasteiger partial charge in [-0.1, -0.05) is 17.7 Å². The molecule has 23 heavy (non-hydrogen) atoms. The SMILES string of the molecule is OCC(F)(F)[C@@H](c1ccc(C(F)(F)F)c(Cl)c1)N1CCNCC1. The predicted octanol–water partition coefficient (Wildman–Crippen LogP) is 2.93. The summed E-state index contributed by atoms with van der Waals surface area (Å²) in [7, 11) is 0. The van der Waals surface area contributed by atoms with Crippen molar-refractivity contribution in [2.75, 3.05) is 32.8 Å². The number of benzene rings is 1. The van der Waals surface area contributed by atoms with Gasteiger partial charge in [-0.15, -0.1) is 0 Å². The summed E-state index contributed by atoms with van der Waals surface area (Å²) < 4.78 is 66.6. The molecule has 130 valence electrons. The molecule has 9 heteroatoms. The summed E-state index contributed by atoms with van der Waals surface area (Å²) in [4.78, 5) is 1.44. The van der Waals surface area contributed by atoms with Gasteiger partial charge in [-0.05, 0) is 17.7 Å². The van der Waals surface area contributed by atoms with E-state index >= 15 is 0 Å². The van der Waals surface area contributed by atoms with Gasteiger partial charge in [0.1, 0.15) is 12.6 Å². The Labute approximate surface area is 135 Å². The summed E-state index contributed by atoms with van der Waals surface area (Å²) in [5.74, 6) is -3.50. The first-order valence-electron chi connectivity index (χ1n) is 6.97. The number of piperazine rings is 1. The molecule has 1 aliphatic rings. The number of hydrogen-bond donors (Lipinski definition) is 2. The van der Waals surface area contributed by atoms with Gasteiger partial charge < -0.3 is 10.4 Å². The second kappa shape index (κ2) is 6.88. The van der Waals surface area contributed by atoms with Crippen molar-refractivity contribution in [3.63, 3.8) is 0 Å². The van der Waals surface area contributed by atoms with E-state index in [1.807, 2.05) is 0 Å². The molecule has 1 aromatic carbocycles. The van der Waals surface area contributed by atoms with Crippen LogP contribution in [0.1, 0.15) is 17.2 Å². The van der Waals surface area contributed by atoms with Crippen LogP contribution in [0.3, 0.4) is 0 Å². The third-order valence-electron chi connectivity index (χ3n) is 3.74. The highest BCUT2D eigenvalue weighted by Gasteiger charge is 2.44. The molecule has 1 saturated heterocycles. The zero-order valence-electron chi connectivity index (χ0n) is 12.0. The van der Waals surface area contributed by atoms with Crippen molar-refractivity contribution in [3.05, 3.63) is 34.3 Å². The lowest BCUT2D eigenvalue weighted by atomic mass is 9.97. The van der Waals surface area contributed by atoms with Crippen LogP contribution in [0.4, 0.5) is 22.0 Å². The summed E-state index contributed by atoms with van der Waals surface area (Å²) in [6.07, 6.45) is -4.65. The first kappa shape index (κ1) is 18.4. The van der Waals surface area contributed by atoms with Crippen LogP contribution in [0.2, 0.25) is 5.02 Å². The molecule has 0 bridgehead atoms. The number of rotatable bonds is 4. The molecule has 1 fully saturated rings. The molecule has 0 unspecified atom stereocenters. The molecule has 1 aliphatic heterocycles. The Hall–Kier alpha value is -0.960.